The smallest absolute Gasteiger partial charge is 0.243 e. The number of nitrogens with zero attached hydrogens (tertiary/aromatic N) is 1. The van der Waals surface area contributed by atoms with Gasteiger partial charge in [-0.3, -0.25) is 9.10 Å². The first-order valence-electron chi connectivity index (χ1n) is 10.8. The number of amides is 1. The van der Waals surface area contributed by atoms with Crippen LogP contribution in [0.2, 0.25) is 0 Å². The highest BCUT2D eigenvalue weighted by molar-refractivity contribution is 7.92. The summed E-state index contributed by atoms with van der Waals surface area (Å²) in [5, 5.41) is 2.87. The van der Waals surface area contributed by atoms with Crippen molar-refractivity contribution in [2.75, 3.05) is 23.7 Å². The summed E-state index contributed by atoms with van der Waals surface area (Å²) in [6.07, 6.45) is 4.43. The van der Waals surface area contributed by atoms with Crippen LogP contribution in [-0.2, 0) is 27.7 Å². The van der Waals surface area contributed by atoms with E-state index in [0.29, 0.717) is 18.8 Å². The van der Waals surface area contributed by atoms with E-state index in [4.69, 9.17) is 4.74 Å². The summed E-state index contributed by atoms with van der Waals surface area (Å²) in [6, 6.07) is 14.3. The van der Waals surface area contributed by atoms with E-state index >= 15 is 0 Å². The summed E-state index contributed by atoms with van der Waals surface area (Å²) in [6.45, 7) is 6.84. The molecule has 1 amide bonds. The van der Waals surface area contributed by atoms with Gasteiger partial charge in [0, 0.05) is 6.54 Å². The van der Waals surface area contributed by atoms with Crippen molar-refractivity contribution in [2.24, 2.45) is 0 Å². The summed E-state index contributed by atoms with van der Waals surface area (Å²) in [5.41, 5.74) is 2.70. The third-order valence-corrected chi connectivity index (χ3v) is 6.29. The zero-order chi connectivity index (χ0) is 22.9. The van der Waals surface area contributed by atoms with Gasteiger partial charge in [-0.2, -0.15) is 0 Å². The second-order valence-corrected chi connectivity index (χ2v) is 9.46. The van der Waals surface area contributed by atoms with Crippen LogP contribution < -0.4 is 14.4 Å². The lowest BCUT2D eigenvalue weighted by molar-refractivity contribution is -0.121. The molecular formula is C24H34N2O4S. The van der Waals surface area contributed by atoms with Crippen LogP contribution in [0.25, 0.3) is 0 Å². The number of aryl methyl sites for hydroxylation is 2. The average Bonchev–Trinajstić information content (AvgIpc) is 2.75. The molecule has 2 aromatic rings. The number of anilines is 1. The van der Waals surface area contributed by atoms with Crippen molar-refractivity contribution < 1.29 is 17.9 Å². The number of nitrogens with one attached hydrogen (secondary N) is 1. The number of ether oxygens (including phenoxy) is 1. The standard InChI is InChI=1S/C24H34N2O4S/c1-5-18-30-23-12-8-7-10-21(23)11-9-17-25-24(27)19(3)26(31(4,28)29)22-15-13-20(6-2)14-16-22/h7-8,10,12-16,19H,5-6,9,11,17-18H2,1-4H3,(H,25,27)/t19-/m0/s1. The maximum absolute atomic E-state index is 12.7. The molecule has 0 spiro atoms. The molecule has 0 aromatic heterocycles. The molecule has 6 nitrogen and oxygen atoms in total. The maximum atomic E-state index is 12.7. The Labute approximate surface area is 186 Å². The lowest BCUT2D eigenvalue weighted by Crippen LogP contribution is -2.48. The summed E-state index contributed by atoms with van der Waals surface area (Å²) in [5.74, 6) is 0.559. The predicted octanol–water partition coefficient (Wildman–Crippen LogP) is 3.94. The number of sulfonamides is 1. The van der Waals surface area contributed by atoms with E-state index in [0.717, 1.165) is 48.8 Å². The Kier molecular flexibility index (Phi) is 9.37. The molecule has 0 radical (unpaired) electrons. The lowest BCUT2D eigenvalue weighted by Gasteiger charge is -2.28. The molecule has 2 rings (SSSR count). The van der Waals surface area contributed by atoms with Gasteiger partial charge < -0.3 is 10.1 Å². The fraction of sp³-hybridized carbons (Fsp3) is 0.458. The highest BCUT2D eigenvalue weighted by Gasteiger charge is 2.28. The molecule has 0 fully saturated rings. The number of hydrogen-bond donors (Lipinski definition) is 1. The Morgan fingerprint density at radius 1 is 1.10 bits per heavy atom. The first-order valence-corrected chi connectivity index (χ1v) is 12.7. The topological polar surface area (TPSA) is 75.7 Å². The first-order chi connectivity index (χ1) is 14.8. The normalized spacial score (nSPS) is 12.3. The van der Waals surface area contributed by atoms with Crippen molar-refractivity contribution in [3.63, 3.8) is 0 Å². The molecule has 7 heteroatoms. The zero-order valence-electron chi connectivity index (χ0n) is 18.9. The molecule has 0 saturated heterocycles. The van der Waals surface area contributed by atoms with E-state index in [1.54, 1.807) is 19.1 Å². The van der Waals surface area contributed by atoms with E-state index in [2.05, 4.69) is 12.2 Å². The number of carbonyl (C=O) groups excluding carboxylic acids is 1. The van der Waals surface area contributed by atoms with Crippen molar-refractivity contribution in [1.82, 2.24) is 5.32 Å². The summed E-state index contributed by atoms with van der Waals surface area (Å²) >= 11 is 0. The summed E-state index contributed by atoms with van der Waals surface area (Å²) < 4.78 is 31.8. The molecule has 2 aromatic carbocycles. The van der Waals surface area contributed by atoms with Crippen molar-refractivity contribution in [3.8, 4) is 5.75 Å². The minimum Gasteiger partial charge on any atom is -0.493 e. The van der Waals surface area contributed by atoms with Crippen LogP contribution in [0.3, 0.4) is 0 Å². The summed E-state index contributed by atoms with van der Waals surface area (Å²) in [4.78, 5) is 12.7. The maximum Gasteiger partial charge on any atom is 0.243 e. The SMILES string of the molecule is CCCOc1ccccc1CCCNC(=O)[C@H](C)N(c1ccc(CC)cc1)S(C)(=O)=O. The molecule has 0 aliphatic heterocycles. The highest BCUT2D eigenvalue weighted by Crippen LogP contribution is 2.22. The Hall–Kier alpha value is -2.54. The van der Waals surface area contributed by atoms with Crippen molar-refractivity contribution in [3.05, 3.63) is 59.7 Å². The fourth-order valence-electron chi connectivity index (χ4n) is 3.39. The van der Waals surface area contributed by atoms with Crippen molar-refractivity contribution in [1.29, 1.82) is 0 Å². The Balaban J connectivity index is 1.97. The van der Waals surface area contributed by atoms with Crippen molar-refractivity contribution >= 4 is 21.6 Å². The van der Waals surface area contributed by atoms with Crippen LogP contribution >= 0.6 is 0 Å². The minimum atomic E-state index is -3.61. The van der Waals surface area contributed by atoms with Crippen LogP contribution in [-0.4, -0.2) is 39.8 Å². The van der Waals surface area contributed by atoms with Gasteiger partial charge in [-0.25, -0.2) is 8.42 Å². The third-order valence-electron chi connectivity index (χ3n) is 5.04. The van der Waals surface area contributed by atoms with E-state index in [9.17, 15) is 13.2 Å². The van der Waals surface area contributed by atoms with Crippen LogP contribution in [0.4, 0.5) is 5.69 Å². The van der Waals surface area contributed by atoms with Crippen LogP contribution in [0.5, 0.6) is 5.75 Å². The molecule has 1 atom stereocenters. The van der Waals surface area contributed by atoms with Gasteiger partial charge in [-0.1, -0.05) is 44.2 Å². The first kappa shape index (κ1) is 24.7. The summed E-state index contributed by atoms with van der Waals surface area (Å²) in [7, 11) is -3.61. The van der Waals surface area contributed by atoms with Gasteiger partial charge in [0.15, 0.2) is 0 Å². The molecule has 0 bridgehead atoms. The van der Waals surface area contributed by atoms with E-state index in [1.807, 2.05) is 43.3 Å². The molecule has 0 heterocycles. The quantitative estimate of drug-likeness (QED) is 0.501. The second-order valence-electron chi connectivity index (χ2n) is 7.61. The lowest BCUT2D eigenvalue weighted by atomic mass is 10.1. The monoisotopic (exact) mass is 446 g/mol. The molecule has 170 valence electrons. The number of benzene rings is 2. The number of para-hydroxylation sites is 1. The molecule has 0 aliphatic carbocycles. The molecule has 0 aliphatic rings. The molecule has 0 unspecified atom stereocenters. The van der Waals surface area contributed by atoms with Gasteiger partial charge in [0.1, 0.15) is 11.8 Å². The molecular weight excluding hydrogens is 412 g/mol. The van der Waals surface area contributed by atoms with Gasteiger partial charge in [0.25, 0.3) is 0 Å². The third kappa shape index (κ3) is 7.28. The van der Waals surface area contributed by atoms with Gasteiger partial charge in [-0.15, -0.1) is 0 Å². The van der Waals surface area contributed by atoms with Gasteiger partial charge in [-0.05, 0) is 61.9 Å². The van der Waals surface area contributed by atoms with Crippen LogP contribution in [0.1, 0.15) is 44.7 Å². The largest absolute Gasteiger partial charge is 0.493 e. The van der Waals surface area contributed by atoms with Gasteiger partial charge in [0.2, 0.25) is 15.9 Å². The van der Waals surface area contributed by atoms with E-state index in [-0.39, 0.29) is 5.91 Å². The molecule has 1 N–H and O–H groups in total. The average molecular weight is 447 g/mol. The van der Waals surface area contributed by atoms with E-state index < -0.39 is 16.1 Å². The molecule has 0 saturated carbocycles. The van der Waals surface area contributed by atoms with Gasteiger partial charge in [0.05, 0.1) is 18.6 Å². The van der Waals surface area contributed by atoms with Gasteiger partial charge >= 0.3 is 0 Å². The molecule has 31 heavy (non-hydrogen) atoms. The van der Waals surface area contributed by atoms with Crippen molar-refractivity contribution in [2.45, 2.75) is 52.5 Å². The Morgan fingerprint density at radius 3 is 2.39 bits per heavy atom. The number of rotatable bonds is 12. The van der Waals surface area contributed by atoms with Crippen LogP contribution in [0.15, 0.2) is 48.5 Å². The Bertz CT molecular complexity index is 942. The number of hydrogen-bond acceptors (Lipinski definition) is 4. The fourth-order valence-corrected chi connectivity index (χ4v) is 4.56. The second kappa shape index (κ2) is 11.7. The Morgan fingerprint density at radius 2 is 1.77 bits per heavy atom. The highest BCUT2D eigenvalue weighted by atomic mass is 32.2. The number of carbonyl (C=O) groups is 1. The predicted molar refractivity (Wildman–Crippen MR) is 126 cm³/mol. The van der Waals surface area contributed by atoms with Crippen LogP contribution in [0, 0.1) is 0 Å². The van der Waals surface area contributed by atoms with E-state index in [1.165, 1.54) is 4.31 Å². The minimum absolute atomic E-state index is 0.319. The zero-order valence-corrected chi connectivity index (χ0v) is 19.7.